The lowest BCUT2D eigenvalue weighted by atomic mass is 10.1. The summed E-state index contributed by atoms with van der Waals surface area (Å²) < 4.78 is 76.5. The van der Waals surface area contributed by atoms with Crippen molar-refractivity contribution in [2.45, 2.75) is 12.4 Å². The van der Waals surface area contributed by atoms with Crippen LogP contribution in [0.4, 0.5) is 37.7 Å². The number of nitrogens with zero attached hydrogens (tertiary/aromatic N) is 3. The zero-order valence-corrected chi connectivity index (χ0v) is 15.7. The number of benzene rings is 2. The molecule has 6 nitrogen and oxygen atoms in total. The second kappa shape index (κ2) is 8.08. The predicted molar refractivity (Wildman–Crippen MR) is 97.7 cm³/mol. The average molecular weight is 447 g/mol. The Morgan fingerprint density at radius 2 is 1.35 bits per heavy atom. The summed E-state index contributed by atoms with van der Waals surface area (Å²) in [5.41, 5.74) is -2.67. The molecule has 3 rings (SSSR count). The molecular formula is C19H15F6N3O3. The molecular weight excluding hydrogens is 432 g/mol. The van der Waals surface area contributed by atoms with Gasteiger partial charge in [0, 0.05) is 37.8 Å². The van der Waals surface area contributed by atoms with Crippen LogP contribution < -0.4 is 4.90 Å². The summed E-state index contributed by atoms with van der Waals surface area (Å²) in [6.07, 6.45) is -9.25. The maximum Gasteiger partial charge on any atom is 0.416 e. The van der Waals surface area contributed by atoms with Crippen LogP contribution in [0, 0.1) is 10.1 Å². The Morgan fingerprint density at radius 1 is 0.839 bits per heavy atom. The first-order valence-electron chi connectivity index (χ1n) is 8.95. The van der Waals surface area contributed by atoms with Gasteiger partial charge in [-0.05, 0) is 36.4 Å². The van der Waals surface area contributed by atoms with Gasteiger partial charge in [0.05, 0.1) is 16.1 Å². The first kappa shape index (κ1) is 22.4. The van der Waals surface area contributed by atoms with Gasteiger partial charge in [0.25, 0.3) is 11.6 Å². The highest BCUT2D eigenvalue weighted by molar-refractivity contribution is 5.94. The van der Waals surface area contributed by atoms with Crippen molar-refractivity contribution in [2.75, 3.05) is 31.1 Å². The quantitative estimate of drug-likeness (QED) is 0.392. The molecule has 1 heterocycles. The van der Waals surface area contributed by atoms with Crippen LogP contribution in [0.25, 0.3) is 0 Å². The second-order valence-electron chi connectivity index (χ2n) is 6.81. The van der Waals surface area contributed by atoms with Crippen molar-refractivity contribution >= 4 is 17.3 Å². The fourth-order valence-electron chi connectivity index (χ4n) is 3.25. The normalized spacial score (nSPS) is 15.2. The van der Waals surface area contributed by atoms with Crippen LogP contribution in [-0.2, 0) is 12.4 Å². The fraction of sp³-hybridized carbons (Fsp3) is 0.316. The number of amides is 1. The molecule has 0 aliphatic carbocycles. The maximum atomic E-state index is 12.9. The number of nitro benzene ring substituents is 1. The number of hydrogen-bond donors (Lipinski definition) is 0. The van der Waals surface area contributed by atoms with Crippen LogP contribution in [0.1, 0.15) is 21.5 Å². The zero-order chi connectivity index (χ0) is 23.0. The van der Waals surface area contributed by atoms with E-state index in [2.05, 4.69) is 0 Å². The van der Waals surface area contributed by atoms with E-state index in [0.29, 0.717) is 6.07 Å². The number of halogens is 6. The Kier molecular flexibility index (Phi) is 5.83. The molecule has 2 aromatic rings. The highest BCUT2D eigenvalue weighted by atomic mass is 19.4. The molecule has 166 valence electrons. The van der Waals surface area contributed by atoms with Crippen LogP contribution in [-0.4, -0.2) is 41.9 Å². The minimum Gasteiger partial charge on any atom is -0.362 e. The molecule has 0 bridgehead atoms. The van der Waals surface area contributed by atoms with Gasteiger partial charge >= 0.3 is 12.4 Å². The fourth-order valence-corrected chi connectivity index (χ4v) is 3.25. The van der Waals surface area contributed by atoms with Crippen LogP contribution >= 0.6 is 0 Å². The van der Waals surface area contributed by atoms with E-state index >= 15 is 0 Å². The number of carbonyl (C=O) groups is 1. The second-order valence-corrected chi connectivity index (χ2v) is 6.81. The topological polar surface area (TPSA) is 66.7 Å². The SMILES string of the molecule is O=C(c1ccc(C(F)(F)F)cc1)N1CCN(c2ccc(C(F)(F)F)cc2[N+](=O)[O-])CC1. The van der Waals surface area contributed by atoms with Gasteiger partial charge in [0.1, 0.15) is 5.69 Å². The Morgan fingerprint density at radius 3 is 1.84 bits per heavy atom. The monoisotopic (exact) mass is 447 g/mol. The van der Waals surface area contributed by atoms with Gasteiger partial charge in [0.2, 0.25) is 0 Å². The Balaban J connectivity index is 1.72. The third-order valence-electron chi connectivity index (χ3n) is 4.87. The average Bonchev–Trinajstić information content (AvgIpc) is 2.71. The summed E-state index contributed by atoms with van der Waals surface area (Å²) in [6, 6.07) is 5.98. The van der Waals surface area contributed by atoms with Crippen molar-refractivity contribution in [3.63, 3.8) is 0 Å². The largest absolute Gasteiger partial charge is 0.416 e. The standard InChI is InChI=1S/C19H15F6N3O3/c20-18(21,22)13-3-1-12(2-4-13)17(29)27-9-7-26(8-10-27)15-6-5-14(19(23,24)25)11-16(15)28(30)31/h1-6,11H,7-10H2. The van der Waals surface area contributed by atoms with Gasteiger partial charge in [-0.2, -0.15) is 26.3 Å². The highest BCUT2D eigenvalue weighted by Gasteiger charge is 2.35. The lowest BCUT2D eigenvalue weighted by Crippen LogP contribution is -2.49. The van der Waals surface area contributed by atoms with Gasteiger partial charge in [0.15, 0.2) is 0 Å². The van der Waals surface area contributed by atoms with Crippen molar-refractivity contribution in [1.29, 1.82) is 0 Å². The molecule has 1 saturated heterocycles. The highest BCUT2D eigenvalue weighted by Crippen LogP contribution is 2.37. The first-order chi connectivity index (χ1) is 14.4. The van der Waals surface area contributed by atoms with E-state index in [-0.39, 0.29) is 37.4 Å². The molecule has 0 radical (unpaired) electrons. The smallest absolute Gasteiger partial charge is 0.362 e. The molecule has 1 aliphatic heterocycles. The van der Waals surface area contributed by atoms with E-state index in [9.17, 15) is 41.3 Å². The number of hydrogen-bond acceptors (Lipinski definition) is 4. The molecule has 1 amide bonds. The lowest BCUT2D eigenvalue weighted by molar-refractivity contribution is -0.384. The molecule has 0 unspecified atom stereocenters. The molecule has 0 N–H and O–H groups in total. The van der Waals surface area contributed by atoms with Crippen LogP contribution in [0.5, 0.6) is 0 Å². The summed E-state index contributed by atoms with van der Waals surface area (Å²) in [4.78, 5) is 25.8. The summed E-state index contributed by atoms with van der Waals surface area (Å²) in [5, 5.41) is 11.3. The minimum absolute atomic E-state index is 0.000343. The number of alkyl halides is 6. The molecule has 1 fully saturated rings. The summed E-state index contributed by atoms with van der Waals surface area (Å²) in [5.74, 6) is -0.504. The molecule has 12 heteroatoms. The van der Waals surface area contributed by atoms with Crippen LogP contribution in [0.2, 0.25) is 0 Å². The van der Waals surface area contributed by atoms with Crippen molar-refractivity contribution in [3.8, 4) is 0 Å². The van der Waals surface area contributed by atoms with Crippen molar-refractivity contribution < 1.29 is 36.1 Å². The lowest BCUT2D eigenvalue weighted by Gasteiger charge is -2.36. The summed E-state index contributed by atoms with van der Waals surface area (Å²) >= 11 is 0. The number of rotatable bonds is 3. The number of carbonyl (C=O) groups excluding carboxylic acids is 1. The Bertz CT molecular complexity index is 981. The maximum absolute atomic E-state index is 12.9. The van der Waals surface area contributed by atoms with E-state index in [4.69, 9.17) is 0 Å². The van der Waals surface area contributed by atoms with Crippen molar-refractivity contribution in [1.82, 2.24) is 4.90 Å². The van der Waals surface area contributed by atoms with Gasteiger partial charge in [-0.15, -0.1) is 0 Å². The summed E-state index contributed by atoms with van der Waals surface area (Å²) in [6.45, 7) is 0.410. The molecule has 31 heavy (non-hydrogen) atoms. The van der Waals surface area contributed by atoms with Crippen LogP contribution in [0.3, 0.4) is 0 Å². The third kappa shape index (κ3) is 4.89. The minimum atomic E-state index is -4.73. The van der Waals surface area contributed by atoms with Gasteiger partial charge in [-0.3, -0.25) is 14.9 Å². The Labute approximate surface area is 171 Å². The summed E-state index contributed by atoms with van der Waals surface area (Å²) in [7, 11) is 0. The van der Waals surface area contributed by atoms with Crippen LogP contribution in [0.15, 0.2) is 42.5 Å². The van der Waals surface area contributed by atoms with Crippen molar-refractivity contribution in [3.05, 3.63) is 69.3 Å². The van der Waals surface area contributed by atoms with Gasteiger partial charge in [-0.25, -0.2) is 0 Å². The first-order valence-corrected chi connectivity index (χ1v) is 8.95. The number of nitro groups is 1. The van der Waals surface area contributed by atoms with E-state index in [1.165, 1.54) is 9.80 Å². The van der Waals surface area contributed by atoms with Gasteiger partial charge in [-0.1, -0.05) is 0 Å². The van der Waals surface area contributed by atoms with Gasteiger partial charge < -0.3 is 9.80 Å². The molecule has 0 aromatic heterocycles. The van der Waals surface area contributed by atoms with E-state index in [1.807, 2.05) is 0 Å². The van der Waals surface area contributed by atoms with E-state index in [1.54, 1.807) is 0 Å². The predicted octanol–water partition coefficient (Wildman–Crippen LogP) is 4.59. The molecule has 0 saturated carbocycles. The molecule has 0 atom stereocenters. The number of piperazine rings is 1. The van der Waals surface area contributed by atoms with E-state index < -0.39 is 40.0 Å². The third-order valence-corrected chi connectivity index (χ3v) is 4.87. The Hall–Kier alpha value is -3.31. The van der Waals surface area contributed by atoms with E-state index in [0.717, 1.165) is 36.4 Å². The molecule has 0 spiro atoms. The van der Waals surface area contributed by atoms with Crippen molar-refractivity contribution in [2.24, 2.45) is 0 Å². The molecule has 1 aliphatic rings. The molecule has 2 aromatic carbocycles. The number of anilines is 1. The zero-order valence-electron chi connectivity index (χ0n) is 15.7.